The van der Waals surface area contributed by atoms with Gasteiger partial charge < -0.3 is 9.47 Å². The van der Waals surface area contributed by atoms with E-state index in [9.17, 15) is 4.79 Å². The molecule has 4 heteroatoms. The molecule has 4 nitrogen and oxygen atoms in total. The number of para-hydroxylation sites is 1. The summed E-state index contributed by atoms with van der Waals surface area (Å²) in [4.78, 5) is 16.9. The fourth-order valence-electron chi connectivity index (χ4n) is 3.35. The van der Waals surface area contributed by atoms with Crippen LogP contribution in [0.5, 0.6) is 11.5 Å². The van der Waals surface area contributed by atoms with Crippen molar-refractivity contribution in [1.82, 2.24) is 4.98 Å². The van der Waals surface area contributed by atoms with Gasteiger partial charge in [-0.1, -0.05) is 60.2 Å². The molecule has 0 amide bonds. The number of fused-ring (bicyclic) bond motifs is 1. The van der Waals surface area contributed by atoms with Crippen molar-refractivity contribution >= 4 is 22.8 Å². The average Bonchev–Trinajstić information content (AvgIpc) is 2.81. The van der Waals surface area contributed by atoms with E-state index in [4.69, 9.17) is 9.47 Å². The molecule has 3 aromatic carbocycles. The molecule has 0 radical (unpaired) electrons. The number of rotatable bonds is 7. The van der Waals surface area contributed by atoms with Gasteiger partial charge in [0.15, 0.2) is 5.78 Å². The molecule has 0 saturated heterocycles. The summed E-state index contributed by atoms with van der Waals surface area (Å²) in [5, 5.41) is 1.03. The minimum atomic E-state index is -0.0320. The lowest BCUT2D eigenvalue weighted by molar-refractivity contribution is 0.104. The zero-order valence-corrected chi connectivity index (χ0v) is 17.5. The Hall–Kier alpha value is -3.92. The van der Waals surface area contributed by atoms with Crippen LogP contribution in [0.3, 0.4) is 0 Å². The Morgan fingerprint density at radius 2 is 1.77 bits per heavy atom. The molecule has 1 heterocycles. The molecule has 0 aliphatic carbocycles. The quantitative estimate of drug-likeness (QED) is 0.276. The normalized spacial score (nSPS) is 11.0. The minimum absolute atomic E-state index is 0.0320. The molecular weight excluding hydrogens is 386 g/mol. The number of hydrogen-bond donors (Lipinski definition) is 0. The molecule has 0 N–H and O–H groups in total. The van der Waals surface area contributed by atoms with Crippen molar-refractivity contribution in [3.8, 4) is 11.5 Å². The topological polar surface area (TPSA) is 48.4 Å². The zero-order chi connectivity index (χ0) is 21.6. The second-order valence-corrected chi connectivity index (χ2v) is 7.25. The number of pyridine rings is 1. The third kappa shape index (κ3) is 4.81. The van der Waals surface area contributed by atoms with Gasteiger partial charge in [0.1, 0.15) is 23.6 Å². The lowest BCUT2D eigenvalue weighted by Crippen LogP contribution is -2.00. The molecule has 154 valence electrons. The maximum Gasteiger partial charge on any atom is 0.185 e. The van der Waals surface area contributed by atoms with Crippen LogP contribution in [0, 0.1) is 6.92 Å². The molecule has 0 aliphatic heterocycles. The summed E-state index contributed by atoms with van der Waals surface area (Å²) in [5.74, 6) is 1.42. The smallest absolute Gasteiger partial charge is 0.185 e. The van der Waals surface area contributed by atoms with Gasteiger partial charge in [-0.25, -0.2) is 0 Å². The first kappa shape index (κ1) is 20.4. The zero-order valence-electron chi connectivity index (χ0n) is 17.5. The van der Waals surface area contributed by atoms with Crippen molar-refractivity contribution in [2.45, 2.75) is 13.5 Å². The average molecular weight is 409 g/mol. The summed E-state index contributed by atoms with van der Waals surface area (Å²) in [6.45, 7) is 2.33. The van der Waals surface area contributed by atoms with Crippen LogP contribution in [0.2, 0.25) is 0 Å². The van der Waals surface area contributed by atoms with E-state index in [0.717, 1.165) is 39.1 Å². The summed E-state index contributed by atoms with van der Waals surface area (Å²) in [6, 6.07) is 23.1. The van der Waals surface area contributed by atoms with E-state index in [1.807, 2.05) is 85.8 Å². The number of carbonyl (C=O) groups excluding carboxylic acids is 1. The van der Waals surface area contributed by atoms with Crippen molar-refractivity contribution in [2.75, 3.05) is 7.11 Å². The third-order valence-electron chi connectivity index (χ3n) is 5.05. The lowest BCUT2D eigenvalue weighted by atomic mass is 10.1. The second-order valence-electron chi connectivity index (χ2n) is 7.25. The summed E-state index contributed by atoms with van der Waals surface area (Å²) in [6.07, 6.45) is 5.16. The van der Waals surface area contributed by atoms with Gasteiger partial charge in [-0.2, -0.15) is 0 Å². The molecular formula is C27H23NO3. The molecule has 0 saturated carbocycles. The number of benzene rings is 3. The highest BCUT2D eigenvalue weighted by atomic mass is 16.5. The Labute approximate surface area is 181 Å². The number of aryl methyl sites for hydroxylation is 1. The van der Waals surface area contributed by atoms with Crippen LogP contribution in [-0.4, -0.2) is 17.9 Å². The summed E-state index contributed by atoms with van der Waals surface area (Å²) in [7, 11) is 1.63. The number of methoxy groups -OCH3 is 1. The van der Waals surface area contributed by atoms with E-state index in [2.05, 4.69) is 4.98 Å². The number of ether oxygens (including phenoxy) is 2. The Bertz CT molecular complexity index is 1240. The summed E-state index contributed by atoms with van der Waals surface area (Å²) in [5.41, 5.74) is 4.41. The highest BCUT2D eigenvalue weighted by Gasteiger charge is 2.08. The van der Waals surface area contributed by atoms with Gasteiger partial charge in [0.05, 0.1) is 7.11 Å². The first-order valence-electron chi connectivity index (χ1n) is 10.1. The maximum atomic E-state index is 12.4. The number of allylic oxidation sites excluding steroid dienone is 1. The highest BCUT2D eigenvalue weighted by Crippen LogP contribution is 2.27. The SMILES string of the molecule is COc1ccc(/C=C/C(=O)c2ccc(C)cc2)cc1COc1cccc2cccnc12. The Kier molecular flexibility index (Phi) is 6.08. The number of carbonyl (C=O) groups is 1. The van der Waals surface area contributed by atoms with E-state index in [1.165, 1.54) is 0 Å². The minimum Gasteiger partial charge on any atom is -0.496 e. The van der Waals surface area contributed by atoms with Gasteiger partial charge >= 0.3 is 0 Å². The van der Waals surface area contributed by atoms with E-state index < -0.39 is 0 Å². The number of nitrogens with zero attached hydrogens (tertiary/aromatic N) is 1. The maximum absolute atomic E-state index is 12.4. The molecule has 31 heavy (non-hydrogen) atoms. The van der Waals surface area contributed by atoms with Crippen molar-refractivity contribution in [1.29, 1.82) is 0 Å². The number of ketones is 1. The predicted octanol–water partition coefficient (Wildman–Crippen LogP) is 6.03. The van der Waals surface area contributed by atoms with Crippen molar-refractivity contribution in [3.63, 3.8) is 0 Å². The van der Waals surface area contributed by atoms with Crippen molar-refractivity contribution in [2.24, 2.45) is 0 Å². The Morgan fingerprint density at radius 3 is 2.58 bits per heavy atom. The van der Waals surface area contributed by atoms with E-state index in [0.29, 0.717) is 12.2 Å². The van der Waals surface area contributed by atoms with Crippen LogP contribution in [0.15, 0.2) is 85.1 Å². The van der Waals surface area contributed by atoms with Crippen LogP contribution < -0.4 is 9.47 Å². The van der Waals surface area contributed by atoms with E-state index in [1.54, 1.807) is 19.4 Å². The molecule has 0 fully saturated rings. The van der Waals surface area contributed by atoms with Crippen LogP contribution in [-0.2, 0) is 6.61 Å². The summed E-state index contributed by atoms with van der Waals surface area (Å²) >= 11 is 0. The molecule has 4 rings (SSSR count). The molecule has 0 unspecified atom stereocenters. The molecule has 0 bridgehead atoms. The molecule has 0 atom stereocenters. The van der Waals surface area contributed by atoms with Gasteiger partial charge in [0, 0.05) is 22.7 Å². The van der Waals surface area contributed by atoms with Gasteiger partial charge in [0.25, 0.3) is 0 Å². The van der Waals surface area contributed by atoms with Crippen LogP contribution in [0.1, 0.15) is 27.0 Å². The third-order valence-corrected chi connectivity index (χ3v) is 5.05. The van der Waals surface area contributed by atoms with Gasteiger partial charge in [0.2, 0.25) is 0 Å². The number of hydrogen-bond acceptors (Lipinski definition) is 4. The van der Waals surface area contributed by atoms with Crippen molar-refractivity contribution in [3.05, 3.63) is 107 Å². The van der Waals surface area contributed by atoms with Crippen LogP contribution in [0.4, 0.5) is 0 Å². The molecule has 4 aromatic rings. The fourth-order valence-corrected chi connectivity index (χ4v) is 3.35. The van der Waals surface area contributed by atoms with Crippen LogP contribution in [0.25, 0.3) is 17.0 Å². The first-order chi connectivity index (χ1) is 15.1. The number of aromatic nitrogens is 1. The van der Waals surface area contributed by atoms with Crippen LogP contribution >= 0.6 is 0 Å². The Morgan fingerprint density at radius 1 is 0.968 bits per heavy atom. The Balaban J connectivity index is 1.53. The van der Waals surface area contributed by atoms with Gasteiger partial charge in [-0.05, 0) is 42.8 Å². The summed E-state index contributed by atoms with van der Waals surface area (Å²) < 4.78 is 11.6. The van der Waals surface area contributed by atoms with Gasteiger partial charge in [-0.3, -0.25) is 9.78 Å². The molecule has 0 aliphatic rings. The fraction of sp³-hybridized carbons (Fsp3) is 0.111. The first-order valence-corrected chi connectivity index (χ1v) is 10.1. The second kappa shape index (κ2) is 9.26. The van der Waals surface area contributed by atoms with E-state index >= 15 is 0 Å². The predicted molar refractivity (Wildman–Crippen MR) is 124 cm³/mol. The highest BCUT2D eigenvalue weighted by molar-refractivity contribution is 6.06. The largest absolute Gasteiger partial charge is 0.496 e. The van der Waals surface area contributed by atoms with Crippen molar-refractivity contribution < 1.29 is 14.3 Å². The monoisotopic (exact) mass is 409 g/mol. The lowest BCUT2D eigenvalue weighted by Gasteiger charge is -2.12. The molecule has 1 aromatic heterocycles. The van der Waals surface area contributed by atoms with Gasteiger partial charge in [-0.15, -0.1) is 0 Å². The standard InChI is InChI=1S/C27H23NO3/c1-19-8-12-21(13-9-19)24(29)14-10-20-11-15-25(30-2)23(17-20)18-31-26-7-3-5-22-6-4-16-28-27(22)26/h3-17H,18H2,1-2H3/b14-10+. The molecule has 0 spiro atoms. The van der Waals surface area contributed by atoms with E-state index in [-0.39, 0.29) is 5.78 Å².